The Morgan fingerprint density at radius 1 is 1.26 bits per heavy atom. The number of hydrazone groups is 1. The number of amides is 1. The minimum absolute atomic E-state index is 0.000478. The van der Waals surface area contributed by atoms with E-state index in [1.54, 1.807) is 31.3 Å². The van der Waals surface area contributed by atoms with Crippen molar-refractivity contribution in [2.45, 2.75) is 12.8 Å². The molecule has 1 aromatic rings. The molecule has 1 amide bonds. The van der Waals surface area contributed by atoms with Crippen LogP contribution in [-0.4, -0.2) is 18.7 Å². The Balaban J connectivity index is 2.58. The van der Waals surface area contributed by atoms with Gasteiger partial charge in [-0.25, -0.2) is 0 Å². The molecule has 1 rings (SSSR count). The monoisotopic (exact) mass is 255 g/mol. The van der Waals surface area contributed by atoms with Gasteiger partial charge in [-0.3, -0.25) is 10.2 Å². The molecule has 2 N–H and O–H groups in total. The first kappa shape index (κ1) is 14.2. The lowest BCUT2D eigenvalue weighted by Crippen LogP contribution is -2.17. The molecule has 0 saturated heterocycles. The van der Waals surface area contributed by atoms with E-state index >= 15 is 0 Å². The molecule has 1 aromatic carbocycles. The molecule has 0 atom stereocenters. The van der Waals surface area contributed by atoms with Crippen molar-refractivity contribution in [2.24, 2.45) is 5.10 Å². The van der Waals surface area contributed by atoms with Gasteiger partial charge in [0.2, 0.25) is 11.6 Å². The van der Waals surface area contributed by atoms with Gasteiger partial charge in [0.25, 0.3) is 0 Å². The van der Waals surface area contributed by atoms with Crippen LogP contribution in [0.4, 0.5) is 5.69 Å². The number of hydrogen-bond donors (Lipinski definition) is 2. The normalized spacial score (nSPS) is 8.79. The van der Waals surface area contributed by atoms with Gasteiger partial charge >= 0.3 is 0 Å². The van der Waals surface area contributed by atoms with Crippen LogP contribution in [0.15, 0.2) is 29.4 Å². The quantitative estimate of drug-likeness (QED) is 0.609. The van der Waals surface area contributed by atoms with Gasteiger partial charge in [-0.2, -0.15) is 15.6 Å². The van der Waals surface area contributed by atoms with Gasteiger partial charge in [-0.05, 0) is 24.1 Å². The molecule has 0 fully saturated rings. The molecule has 0 spiro atoms. The molecule has 19 heavy (non-hydrogen) atoms. The van der Waals surface area contributed by atoms with Crippen LogP contribution >= 0.6 is 0 Å². The molecule has 0 heterocycles. The van der Waals surface area contributed by atoms with Crippen molar-refractivity contribution < 1.29 is 4.79 Å². The predicted molar refractivity (Wildman–Crippen MR) is 71.1 cm³/mol. The van der Waals surface area contributed by atoms with Crippen LogP contribution in [0.5, 0.6) is 0 Å². The second-order valence-corrected chi connectivity index (χ2v) is 3.67. The highest BCUT2D eigenvalue weighted by Gasteiger charge is 2.00. The van der Waals surface area contributed by atoms with Crippen molar-refractivity contribution in [2.75, 3.05) is 12.5 Å². The molecule has 96 valence electrons. The van der Waals surface area contributed by atoms with Crippen LogP contribution in [0.3, 0.4) is 0 Å². The van der Waals surface area contributed by atoms with E-state index in [4.69, 9.17) is 10.5 Å². The smallest absolute Gasteiger partial charge is 0.237 e. The number of nitrogens with one attached hydrogen (secondary N) is 2. The van der Waals surface area contributed by atoms with Gasteiger partial charge in [-0.15, -0.1) is 0 Å². The summed E-state index contributed by atoms with van der Waals surface area (Å²) in [7, 11) is 1.61. The number of nitriles is 2. The Hall–Kier alpha value is -2.86. The van der Waals surface area contributed by atoms with Crippen LogP contribution in [0, 0.1) is 22.7 Å². The van der Waals surface area contributed by atoms with Gasteiger partial charge in [0.1, 0.15) is 12.1 Å². The summed E-state index contributed by atoms with van der Waals surface area (Å²) in [6.07, 6.45) is 1.10. The molecule has 0 bridgehead atoms. The zero-order chi connectivity index (χ0) is 14.1. The number of nitrogens with zero attached hydrogens (tertiary/aromatic N) is 3. The zero-order valence-corrected chi connectivity index (χ0v) is 10.5. The SMILES string of the molecule is CNC(=O)CCc1ccc(NN=C(C#N)C#N)cc1. The number of aryl methyl sites for hydroxylation is 1. The first-order valence-electron chi connectivity index (χ1n) is 5.63. The number of anilines is 1. The highest BCUT2D eigenvalue weighted by molar-refractivity contribution is 6.10. The fourth-order valence-corrected chi connectivity index (χ4v) is 1.32. The summed E-state index contributed by atoms with van der Waals surface area (Å²) in [6, 6.07) is 10.6. The predicted octanol–water partition coefficient (Wildman–Crippen LogP) is 1.18. The third-order valence-corrected chi connectivity index (χ3v) is 2.38. The van der Waals surface area contributed by atoms with Crippen molar-refractivity contribution in [3.8, 4) is 12.1 Å². The van der Waals surface area contributed by atoms with E-state index in [2.05, 4.69) is 15.8 Å². The van der Waals surface area contributed by atoms with Gasteiger partial charge in [0.15, 0.2) is 0 Å². The second-order valence-electron chi connectivity index (χ2n) is 3.67. The van der Waals surface area contributed by atoms with E-state index in [1.807, 2.05) is 12.1 Å². The van der Waals surface area contributed by atoms with Crippen LogP contribution < -0.4 is 10.7 Å². The van der Waals surface area contributed by atoms with E-state index in [9.17, 15) is 4.79 Å². The standard InChI is InChI=1S/C13H13N5O/c1-16-13(19)7-4-10-2-5-11(6-3-10)17-18-12(8-14)9-15/h2-3,5-6,17H,4,7H2,1H3,(H,16,19). The van der Waals surface area contributed by atoms with E-state index < -0.39 is 0 Å². The Morgan fingerprint density at radius 3 is 2.42 bits per heavy atom. The summed E-state index contributed by atoms with van der Waals surface area (Å²) in [5.41, 5.74) is 4.08. The van der Waals surface area contributed by atoms with Crippen molar-refractivity contribution in [1.29, 1.82) is 10.5 Å². The molecule has 0 saturated carbocycles. The first-order chi connectivity index (χ1) is 9.19. The highest BCUT2D eigenvalue weighted by atomic mass is 16.1. The number of carbonyl (C=O) groups is 1. The van der Waals surface area contributed by atoms with Gasteiger partial charge in [0.05, 0.1) is 5.69 Å². The van der Waals surface area contributed by atoms with Crippen LogP contribution in [0.1, 0.15) is 12.0 Å². The van der Waals surface area contributed by atoms with Gasteiger partial charge < -0.3 is 5.32 Å². The van der Waals surface area contributed by atoms with Crippen molar-refractivity contribution >= 4 is 17.3 Å². The number of rotatable bonds is 5. The summed E-state index contributed by atoms with van der Waals surface area (Å²) in [4.78, 5) is 11.1. The molecule has 6 nitrogen and oxygen atoms in total. The molecule has 0 aliphatic carbocycles. The lowest BCUT2D eigenvalue weighted by molar-refractivity contribution is -0.120. The van der Waals surface area contributed by atoms with Crippen molar-refractivity contribution in [1.82, 2.24) is 5.32 Å². The Kier molecular flexibility index (Phi) is 5.58. The van der Waals surface area contributed by atoms with E-state index in [-0.39, 0.29) is 11.6 Å². The molecule has 0 radical (unpaired) electrons. The van der Waals surface area contributed by atoms with Crippen LogP contribution in [-0.2, 0) is 11.2 Å². The molecule has 0 unspecified atom stereocenters. The summed E-state index contributed by atoms with van der Waals surface area (Å²) in [5, 5.41) is 23.2. The number of hydrogen-bond acceptors (Lipinski definition) is 5. The molecular formula is C13H13N5O. The minimum Gasteiger partial charge on any atom is -0.359 e. The summed E-state index contributed by atoms with van der Waals surface area (Å²) in [6.45, 7) is 0. The van der Waals surface area contributed by atoms with Gasteiger partial charge in [0, 0.05) is 13.5 Å². The fourth-order valence-electron chi connectivity index (χ4n) is 1.32. The molecule has 6 heteroatoms. The van der Waals surface area contributed by atoms with Gasteiger partial charge in [-0.1, -0.05) is 12.1 Å². The minimum atomic E-state index is -0.233. The third kappa shape index (κ3) is 4.88. The molecule has 0 aliphatic rings. The number of carbonyl (C=O) groups excluding carboxylic acids is 1. The lowest BCUT2D eigenvalue weighted by atomic mass is 10.1. The second kappa shape index (κ2) is 7.46. The first-order valence-corrected chi connectivity index (χ1v) is 5.63. The summed E-state index contributed by atoms with van der Waals surface area (Å²) < 4.78 is 0. The average Bonchev–Trinajstić information content (AvgIpc) is 2.47. The average molecular weight is 255 g/mol. The van der Waals surface area contributed by atoms with E-state index in [0.717, 1.165) is 5.56 Å². The Morgan fingerprint density at radius 2 is 1.89 bits per heavy atom. The van der Waals surface area contributed by atoms with Crippen molar-refractivity contribution in [3.63, 3.8) is 0 Å². The molecule has 0 aromatic heterocycles. The van der Waals surface area contributed by atoms with Crippen molar-refractivity contribution in [3.05, 3.63) is 29.8 Å². The summed E-state index contributed by atoms with van der Waals surface area (Å²) in [5.74, 6) is -0.000478. The zero-order valence-electron chi connectivity index (χ0n) is 10.5. The highest BCUT2D eigenvalue weighted by Crippen LogP contribution is 2.11. The topological polar surface area (TPSA) is 101 Å². The maximum Gasteiger partial charge on any atom is 0.237 e. The summed E-state index contributed by atoms with van der Waals surface area (Å²) >= 11 is 0. The van der Waals surface area contributed by atoms with Crippen LogP contribution in [0.25, 0.3) is 0 Å². The third-order valence-electron chi connectivity index (χ3n) is 2.38. The lowest BCUT2D eigenvalue weighted by Gasteiger charge is -2.03. The number of benzene rings is 1. The fraction of sp³-hybridized carbons (Fsp3) is 0.231. The van der Waals surface area contributed by atoms with E-state index in [0.29, 0.717) is 18.5 Å². The maximum absolute atomic E-state index is 11.1. The molecule has 0 aliphatic heterocycles. The molecular weight excluding hydrogens is 242 g/mol. The van der Waals surface area contributed by atoms with Crippen LogP contribution in [0.2, 0.25) is 0 Å². The largest absolute Gasteiger partial charge is 0.359 e. The Labute approximate surface area is 111 Å². The van der Waals surface area contributed by atoms with E-state index in [1.165, 1.54) is 0 Å². The maximum atomic E-state index is 11.1. The Bertz CT molecular complexity index is 532.